The quantitative estimate of drug-likeness (QED) is 0.654. The third-order valence-corrected chi connectivity index (χ3v) is 6.44. The van der Waals surface area contributed by atoms with Crippen LogP contribution >= 0.6 is 0 Å². The van der Waals surface area contributed by atoms with Crippen molar-refractivity contribution in [3.05, 3.63) is 72.6 Å². The number of hydrogen-bond donors (Lipinski definition) is 0. The minimum Gasteiger partial charge on any atom is -0.373 e. The van der Waals surface area contributed by atoms with Gasteiger partial charge in [0, 0.05) is 37.2 Å². The highest BCUT2D eigenvalue weighted by Gasteiger charge is 2.41. The van der Waals surface area contributed by atoms with Crippen molar-refractivity contribution in [1.29, 1.82) is 0 Å². The van der Waals surface area contributed by atoms with Gasteiger partial charge < -0.3 is 13.3 Å². The van der Waals surface area contributed by atoms with Gasteiger partial charge in [0.1, 0.15) is 0 Å². The molecule has 1 heterocycles. The normalized spacial score (nSPS) is 11.7. The topological polar surface area (TPSA) is 40.6 Å². The Hall–Kier alpha value is -2.05. The standard InChI is InChI=1S/C18H19NO3Si/c1-20-23(21-2,18-6-4-3-5-7-18)22-14-15-8-9-17-13-19-11-10-16(17)12-15/h3-13H,14H2,1-2H3. The van der Waals surface area contributed by atoms with E-state index in [0.717, 1.165) is 21.5 Å². The SMILES string of the molecule is CO[Si](OC)(OCc1ccc2cnccc2c1)c1ccccc1. The summed E-state index contributed by atoms with van der Waals surface area (Å²) >= 11 is 0. The zero-order valence-corrected chi connectivity index (χ0v) is 14.2. The molecule has 2 aromatic carbocycles. The molecule has 3 aromatic rings. The summed E-state index contributed by atoms with van der Waals surface area (Å²) in [5, 5.41) is 3.21. The summed E-state index contributed by atoms with van der Waals surface area (Å²) in [6, 6.07) is 18.0. The second-order valence-corrected chi connectivity index (χ2v) is 7.97. The fraction of sp³-hybridized carbons (Fsp3) is 0.167. The first-order chi connectivity index (χ1) is 11.3. The maximum absolute atomic E-state index is 6.13. The highest BCUT2D eigenvalue weighted by atomic mass is 28.4. The summed E-state index contributed by atoms with van der Waals surface area (Å²) in [6.07, 6.45) is 3.65. The van der Waals surface area contributed by atoms with Gasteiger partial charge in [-0.2, -0.15) is 0 Å². The van der Waals surface area contributed by atoms with Crippen molar-refractivity contribution in [1.82, 2.24) is 4.98 Å². The Morgan fingerprint density at radius 1 is 0.913 bits per heavy atom. The lowest BCUT2D eigenvalue weighted by Crippen LogP contribution is -2.55. The first-order valence-corrected chi connectivity index (χ1v) is 9.12. The van der Waals surface area contributed by atoms with Gasteiger partial charge in [0.2, 0.25) is 0 Å². The van der Waals surface area contributed by atoms with E-state index in [2.05, 4.69) is 11.1 Å². The minimum atomic E-state index is -2.88. The van der Waals surface area contributed by atoms with Gasteiger partial charge in [-0.05, 0) is 23.1 Å². The molecule has 1 aromatic heterocycles. The second kappa shape index (κ2) is 7.02. The van der Waals surface area contributed by atoms with Crippen LogP contribution in [0.15, 0.2) is 67.0 Å². The van der Waals surface area contributed by atoms with Crippen LogP contribution in [0.1, 0.15) is 5.56 Å². The number of benzene rings is 2. The first kappa shape index (κ1) is 15.8. The number of hydrogen-bond acceptors (Lipinski definition) is 4. The maximum Gasteiger partial charge on any atom is 0.536 e. The summed E-state index contributed by atoms with van der Waals surface area (Å²) in [4.78, 5) is 4.13. The molecule has 0 saturated heterocycles. The average molecular weight is 325 g/mol. The Balaban J connectivity index is 1.83. The van der Waals surface area contributed by atoms with Gasteiger partial charge in [-0.3, -0.25) is 4.98 Å². The predicted octanol–water partition coefficient (Wildman–Crippen LogP) is 2.89. The zero-order chi connectivity index (χ0) is 16.1. The van der Waals surface area contributed by atoms with Gasteiger partial charge in [-0.15, -0.1) is 0 Å². The third-order valence-electron chi connectivity index (χ3n) is 3.80. The highest BCUT2D eigenvalue weighted by Crippen LogP contribution is 2.17. The van der Waals surface area contributed by atoms with E-state index in [0.29, 0.717) is 6.61 Å². The molecule has 0 amide bonds. The molecule has 0 aliphatic heterocycles. The van der Waals surface area contributed by atoms with E-state index in [4.69, 9.17) is 13.3 Å². The molecule has 0 saturated carbocycles. The van der Waals surface area contributed by atoms with Crippen LogP contribution in [0, 0.1) is 0 Å². The molecule has 0 unspecified atom stereocenters. The van der Waals surface area contributed by atoms with Crippen LogP contribution in [0.5, 0.6) is 0 Å². The highest BCUT2D eigenvalue weighted by molar-refractivity contribution is 6.75. The van der Waals surface area contributed by atoms with Crippen molar-refractivity contribution in [3.63, 3.8) is 0 Å². The van der Waals surface area contributed by atoms with Gasteiger partial charge in [-0.1, -0.05) is 42.5 Å². The molecule has 0 N–H and O–H groups in total. The molecule has 5 heteroatoms. The first-order valence-electron chi connectivity index (χ1n) is 7.40. The Morgan fingerprint density at radius 3 is 2.43 bits per heavy atom. The van der Waals surface area contributed by atoms with Gasteiger partial charge in [0.15, 0.2) is 0 Å². The lowest BCUT2D eigenvalue weighted by atomic mass is 10.1. The molecule has 0 aliphatic rings. The number of nitrogens with zero attached hydrogens (tertiary/aromatic N) is 1. The van der Waals surface area contributed by atoms with Crippen molar-refractivity contribution in [3.8, 4) is 0 Å². The number of fused-ring (bicyclic) bond motifs is 1. The van der Waals surface area contributed by atoms with Crippen molar-refractivity contribution >= 4 is 24.8 Å². The van der Waals surface area contributed by atoms with Crippen LogP contribution in [-0.2, 0) is 19.9 Å². The minimum absolute atomic E-state index is 0.432. The van der Waals surface area contributed by atoms with E-state index >= 15 is 0 Å². The van der Waals surface area contributed by atoms with Crippen LogP contribution in [0.25, 0.3) is 10.8 Å². The summed E-state index contributed by atoms with van der Waals surface area (Å²) in [6.45, 7) is 0.432. The predicted molar refractivity (Wildman–Crippen MR) is 92.4 cm³/mol. The molecule has 0 atom stereocenters. The van der Waals surface area contributed by atoms with E-state index in [1.54, 1.807) is 20.4 Å². The second-order valence-electron chi connectivity index (χ2n) is 5.18. The van der Waals surface area contributed by atoms with Crippen LogP contribution in [0.4, 0.5) is 0 Å². The molecule has 118 valence electrons. The molecular weight excluding hydrogens is 306 g/mol. The fourth-order valence-electron chi connectivity index (χ4n) is 2.56. The van der Waals surface area contributed by atoms with E-state index in [9.17, 15) is 0 Å². The van der Waals surface area contributed by atoms with E-state index in [1.165, 1.54) is 0 Å². The molecule has 23 heavy (non-hydrogen) atoms. The van der Waals surface area contributed by atoms with Crippen LogP contribution in [-0.4, -0.2) is 28.0 Å². The Kier molecular flexibility index (Phi) is 4.83. The number of aromatic nitrogens is 1. The van der Waals surface area contributed by atoms with Crippen molar-refractivity contribution in [2.75, 3.05) is 14.2 Å². The van der Waals surface area contributed by atoms with E-state index in [-0.39, 0.29) is 0 Å². The molecule has 4 nitrogen and oxygen atoms in total. The molecule has 0 fully saturated rings. The third kappa shape index (κ3) is 3.33. The smallest absolute Gasteiger partial charge is 0.373 e. The number of pyridine rings is 1. The van der Waals surface area contributed by atoms with Crippen molar-refractivity contribution in [2.45, 2.75) is 6.61 Å². The summed E-state index contributed by atoms with van der Waals surface area (Å²) in [5.41, 5.74) is 1.07. The fourth-order valence-corrected chi connectivity index (χ4v) is 4.56. The largest absolute Gasteiger partial charge is 0.536 e. The van der Waals surface area contributed by atoms with Crippen LogP contribution < -0.4 is 5.19 Å². The Bertz CT molecular complexity index is 775. The summed E-state index contributed by atoms with van der Waals surface area (Å²) < 4.78 is 17.5. The van der Waals surface area contributed by atoms with Crippen LogP contribution in [0.3, 0.4) is 0 Å². The molecule has 0 spiro atoms. The van der Waals surface area contributed by atoms with Crippen LogP contribution in [0.2, 0.25) is 0 Å². The molecule has 3 rings (SSSR count). The Labute approximate surface area is 137 Å². The maximum atomic E-state index is 6.13. The van der Waals surface area contributed by atoms with E-state index < -0.39 is 8.80 Å². The lowest BCUT2D eigenvalue weighted by Gasteiger charge is -2.26. The summed E-state index contributed by atoms with van der Waals surface area (Å²) in [5.74, 6) is 0. The van der Waals surface area contributed by atoms with Crippen molar-refractivity contribution in [2.24, 2.45) is 0 Å². The lowest BCUT2D eigenvalue weighted by molar-refractivity contribution is 0.107. The Morgan fingerprint density at radius 2 is 1.70 bits per heavy atom. The molecule has 0 bridgehead atoms. The number of rotatable bonds is 6. The summed E-state index contributed by atoms with van der Waals surface area (Å²) in [7, 11) is 0.385. The van der Waals surface area contributed by atoms with E-state index in [1.807, 2.05) is 54.7 Å². The van der Waals surface area contributed by atoms with Crippen molar-refractivity contribution < 1.29 is 13.3 Å². The van der Waals surface area contributed by atoms with Gasteiger partial charge in [0.25, 0.3) is 0 Å². The van der Waals surface area contributed by atoms with Gasteiger partial charge >= 0.3 is 8.80 Å². The van der Waals surface area contributed by atoms with Gasteiger partial charge in [-0.25, -0.2) is 0 Å². The molecular formula is C18H19NO3Si. The average Bonchev–Trinajstić information content (AvgIpc) is 2.64. The van der Waals surface area contributed by atoms with Gasteiger partial charge in [0.05, 0.1) is 6.61 Å². The molecule has 0 aliphatic carbocycles. The monoisotopic (exact) mass is 325 g/mol. The molecule has 0 radical (unpaired) electrons. The zero-order valence-electron chi connectivity index (χ0n) is 13.2.